The van der Waals surface area contributed by atoms with Crippen LogP contribution in [0.3, 0.4) is 0 Å². The van der Waals surface area contributed by atoms with Gasteiger partial charge in [0.15, 0.2) is 12.4 Å². The van der Waals surface area contributed by atoms with E-state index in [-0.39, 0.29) is 48.1 Å². The highest BCUT2D eigenvalue weighted by atomic mass is 19.1. The first kappa shape index (κ1) is 23.6. The van der Waals surface area contributed by atoms with Crippen molar-refractivity contribution >= 4 is 17.5 Å². The van der Waals surface area contributed by atoms with Gasteiger partial charge in [-0.2, -0.15) is 0 Å². The van der Waals surface area contributed by atoms with Gasteiger partial charge >= 0.3 is 5.97 Å². The molecule has 4 aliphatic rings. The van der Waals surface area contributed by atoms with Crippen LogP contribution in [-0.2, 0) is 28.6 Å². The van der Waals surface area contributed by atoms with Gasteiger partial charge in [0.1, 0.15) is 18.6 Å². The number of Topliss-reactive ketones (excluding diaryl/α,β-unsaturated/α-hetero) is 1. The number of hydrogen-bond acceptors (Lipinski definition) is 6. The van der Waals surface area contributed by atoms with Crippen molar-refractivity contribution < 1.29 is 33.0 Å². The number of carbonyl (C=O) groups excluding carboxylic acids is 3. The Hall–Kier alpha value is -1.60. The van der Waals surface area contributed by atoms with E-state index in [0.717, 1.165) is 19.3 Å². The van der Waals surface area contributed by atoms with E-state index in [1.807, 2.05) is 0 Å². The van der Waals surface area contributed by atoms with E-state index in [9.17, 15) is 14.4 Å². The van der Waals surface area contributed by atoms with E-state index in [4.69, 9.17) is 14.2 Å². The SMILES string of the molecule is COCO[C@]1(C(=O)COC(C)=O)CC[C@H]2[C@@H]3C[C@H](F)C4=CC(=O)CC[C@]4(C)[C@H]3CC[C@@]21C. The van der Waals surface area contributed by atoms with Crippen LogP contribution in [0.5, 0.6) is 0 Å². The van der Waals surface area contributed by atoms with Crippen molar-refractivity contribution in [1.29, 1.82) is 0 Å². The van der Waals surface area contributed by atoms with Crippen molar-refractivity contribution in [2.24, 2.45) is 28.6 Å². The van der Waals surface area contributed by atoms with Gasteiger partial charge in [0.25, 0.3) is 0 Å². The molecule has 4 rings (SSSR count). The molecule has 7 atom stereocenters. The lowest BCUT2D eigenvalue weighted by molar-refractivity contribution is -0.205. The number of ether oxygens (including phenoxy) is 3. The van der Waals surface area contributed by atoms with Crippen molar-refractivity contribution in [3.8, 4) is 0 Å². The quantitative estimate of drug-likeness (QED) is 0.450. The largest absolute Gasteiger partial charge is 0.458 e. The Balaban J connectivity index is 1.67. The lowest BCUT2D eigenvalue weighted by Gasteiger charge is -2.59. The van der Waals surface area contributed by atoms with Crippen LogP contribution in [0.2, 0.25) is 0 Å². The van der Waals surface area contributed by atoms with Crippen LogP contribution in [0, 0.1) is 28.6 Å². The fourth-order valence-electron chi connectivity index (χ4n) is 7.78. The van der Waals surface area contributed by atoms with Crippen molar-refractivity contribution in [1.82, 2.24) is 0 Å². The Morgan fingerprint density at radius 2 is 1.88 bits per heavy atom. The second-order valence-corrected chi connectivity index (χ2v) is 10.6. The van der Waals surface area contributed by atoms with Gasteiger partial charge in [0.2, 0.25) is 5.78 Å². The molecule has 32 heavy (non-hydrogen) atoms. The minimum Gasteiger partial charge on any atom is -0.458 e. The first-order valence-electron chi connectivity index (χ1n) is 11.8. The topological polar surface area (TPSA) is 78.9 Å². The van der Waals surface area contributed by atoms with Crippen LogP contribution in [0.1, 0.15) is 65.7 Å². The molecule has 0 saturated heterocycles. The van der Waals surface area contributed by atoms with Crippen molar-refractivity contribution in [3.63, 3.8) is 0 Å². The maximum absolute atomic E-state index is 15.5. The average Bonchev–Trinajstić information content (AvgIpc) is 3.05. The molecule has 7 heteroatoms. The molecule has 3 fully saturated rings. The Kier molecular flexibility index (Phi) is 6.12. The molecular formula is C25H35FO6. The van der Waals surface area contributed by atoms with E-state index in [0.29, 0.717) is 31.3 Å². The number of hydrogen-bond donors (Lipinski definition) is 0. The van der Waals surface area contributed by atoms with Crippen LogP contribution in [0.25, 0.3) is 0 Å². The molecule has 0 amide bonds. The average molecular weight is 451 g/mol. The summed E-state index contributed by atoms with van der Waals surface area (Å²) in [7, 11) is 1.52. The van der Waals surface area contributed by atoms with E-state index < -0.39 is 23.2 Å². The number of halogens is 1. The standard InChI is InChI=1S/C25H35FO6/c1-15(27)31-13-22(29)25(32-14-30-4)10-7-19-17-12-21(26)20-11-16(28)5-8-23(20,2)18(17)6-9-24(19,25)3/h11,17-19,21H,5-10,12-14H2,1-4H3/t17-,18+,19+,21+,23-,24+,25+/m1/s1. The fraction of sp³-hybridized carbons (Fsp3) is 0.800. The first-order chi connectivity index (χ1) is 15.1. The van der Waals surface area contributed by atoms with Crippen LogP contribution < -0.4 is 0 Å². The minimum absolute atomic E-state index is 0.0271. The van der Waals surface area contributed by atoms with E-state index in [1.165, 1.54) is 14.0 Å². The highest BCUT2D eigenvalue weighted by Crippen LogP contribution is 2.68. The molecule has 4 aliphatic carbocycles. The number of alkyl halides is 1. The van der Waals surface area contributed by atoms with Crippen LogP contribution in [-0.4, -0.2) is 49.8 Å². The van der Waals surface area contributed by atoms with Crippen molar-refractivity contribution in [2.75, 3.05) is 20.5 Å². The molecule has 0 bridgehead atoms. The Morgan fingerprint density at radius 3 is 2.56 bits per heavy atom. The smallest absolute Gasteiger partial charge is 0.303 e. The lowest BCUT2D eigenvalue weighted by atomic mass is 9.46. The van der Waals surface area contributed by atoms with Crippen LogP contribution in [0.4, 0.5) is 4.39 Å². The summed E-state index contributed by atoms with van der Waals surface area (Å²) in [5, 5.41) is 0. The molecular weight excluding hydrogens is 415 g/mol. The molecule has 178 valence electrons. The number of methoxy groups -OCH3 is 1. The summed E-state index contributed by atoms with van der Waals surface area (Å²) < 4.78 is 31.8. The third-order valence-electron chi connectivity index (χ3n) is 9.34. The number of esters is 1. The summed E-state index contributed by atoms with van der Waals surface area (Å²) >= 11 is 0. The molecule has 0 aromatic rings. The summed E-state index contributed by atoms with van der Waals surface area (Å²) in [6.45, 7) is 5.15. The number of rotatable bonds is 6. The Bertz CT molecular complexity index is 838. The number of ketones is 2. The third kappa shape index (κ3) is 3.38. The highest BCUT2D eigenvalue weighted by Gasteiger charge is 2.68. The van der Waals surface area contributed by atoms with E-state index >= 15 is 4.39 Å². The molecule has 0 aliphatic heterocycles. The number of allylic oxidation sites excluding steroid dienone is 1. The van der Waals surface area contributed by atoms with E-state index in [2.05, 4.69) is 13.8 Å². The Morgan fingerprint density at radius 1 is 1.16 bits per heavy atom. The number of fused-ring (bicyclic) bond motifs is 5. The zero-order valence-corrected chi connectivity index (χ0v) is 19.6. The minimum atomic E-state index is -1.13. The third-order valence-corrected chi connectivity index (χ3v) is 9.34. The maximum Gasteiger partial charge on any atom is 0.303 e. The predicted molar refractivity (Wildman–Crippen MR) is 114 cm³/mol. The fourth-order valence-corrected chi connectivity index (χ4v) is 7.78. The number of carbonyl (C=O) groups is 3. The van der Waals surface area contributed by atoms with Gasteiger partial charge in [-0.15, -0.1) is 0 Å². The van der Waals surface area contributed by atoms with Gasteiger partial charge < -0.3 is 14.2 Å². The van der Waals surface area contributed by atoms with Crippen LogP contribution in [0.15, 0.2) is 11.6 Å². The predicted octanol–water partition coefficient (Wildman–Crippen LogP) is 3.96. The maximum atomic E-state index is 15.5. The molecule has 3 saturated carbocycles. The lowest BCUT2D eigenvalue weighted by Crippen LogP contribution is -2.60. The molecule has 0 radical (unpaired) electrons. The normalized spacial score (nSPS) is 43.0. The van der Waals surface area contributed by atoms with Gasteiger partial charge in [-0.3, -0.25) is 14.4 Å². The summed E-state index contributed by atoms with van der Waals surface area (Å²) in [6.07, 6.45) is 4.88. The zero-order valence-electron chi connectivity index (χ0n) is 19.6. The monoisotopic (exact) mass is 450 g/mol. The summed E-state index contributed by atoms with van der Waals surface area (Å²) in [4.78, 5) is 36.8. The first-order valence-corrected chi connectivity index (χ1v) is 11.8. The molecule has 6 nitrogen and oxygen atoms in total. The van der Waals surface area contributed by atoms with Gasteiger partial charge in [-0.25, -0.2) is 4.39 Å². The van der Waals surface area contributed by atoms with Gasteiger partial charge in [-0.05, 0) is 73.3 Å². The molecule has 0 unspecified atom stereocenters. The van der Waals surface area contributed by atoms with E-state index in [1.54, 1.807) is 6.08 Å². The van der Waals surface area contributed by atoms with Crippen molar-refractivity contribution in [2.45, 2.75) is 77.5 Å². The van der Waals surface area contributed by atoms with Crippen LogP contribution >= 0.6 is 0 Å². The summed E-state index contributed by atoms with van der Waals surface area (Å²) in [5.41, 5.74) is -1.23. The summed E-state index contributed by atoms with van der Waals surface area (Å²) in [6, 6.07) is 0. The molecule has 0 heterocycles. The molecule has 0 spiro atoms. The second kappa shape index (κ2) is 8.32. The van der Waals surface area contributed by atoms with Crippen molar-refractivity contribution in [3.05, 3.63) is 11.6 Å². The summed E-state index contributed by atoms with van der Waals surface area (Å²) in [5.74, 6) is -0.190. The van der Waals surface area contributed by atoms with Gasteiger partial charge in [0, 0.05) is 25.9 Å². The zero-order chi connectivity index (χ0) is 23.3. The van der Waals surface area contributed by atoms with Gasteiger partial charge in [-0.1, -0.05) is 13.8 Å². The Labute approximate surface area is 189 Å². The molecule has 0 aromatic heterocycles. The highest BCUT2D eigenvalue weighted by molar-refractivity contribution is 5.92. The molecule has 0 N–H and O–H groups in total. The van der Waals surface area contributed by atoms with Gasteiger partial charge in [0.05, 0.1) is 0 Å². The second-order valence-electron chi connectivity index (χ2n) is 10.6. The molecule has 0 aromatic carbocycles.